The third-order valence-corrected chi connectivity index (χ3v) is 3.96. The van der Waals surface area contributed by atoms with E-state index in [4.69, 9.17) is 27.9 Å². The summed E-state index contributed by atoms with van der Waals surface area (Å²) in [6.07, 6.45) is 0.767. The van der Waals surface area contributed by atoms with Crippen molar-refractivity contribution in [1.29, 1.82) is 0 Å². The zero-order valence-electron chi connectivity index (χ0n) is 11.3. The number of hydrogen-bond acceptors (Lipinski definition) is 2. The molecule has 1 N–H and O–H groups in total. The van der Waals surface area contributed by atoms with Gasteiger partial charge in [0, 0.05) is 6.04 Å². The van der Waals surface area contributed by atoms with Gasteiger partial charge in [-0.1, -0.05) is 53.5 Å². The van der Waals surface area contributed by atoms with Crippen LogP contribution < -0.4 is 10.1 Å². The molecule has 0 amide bonds. The predicted molar refractivity (Wildman–Crippen MR) is 85.0 cm³/mol. The van der Waals surface area contributed by atoms with Crippen molar-refractivity contribution >= 4 is 23.2 Å². The number of nitrogens with one attached hydrogen (secondary N) is 1. The summed E-state index contributed by atoms with van der Waals surface area (Å²) in [6.45, 7) is 0.573. The van der Waals surface area contributed by atoms with Gasteiger partial charge in [0.2, 0.25) is 0 Å². The molecule has 0 heterocycles. The van der Waals surface area contributed by atoms with E-state index in [2.05, 4.69) is 5.32 Å². The fraction of sp³-hybridized carbons (Fsp3) is 0.250. The number of halogens is 2. The average Bonchev–Trinajstić information content (AvgIpc) is 2.49. The van der Waals surface area contributed by atoms with Crippen molar-refractivity contribution in [3.05, 3.63) is 64.1 Å². The Morgan fingerprint density at radius 3 is 2.50 bits per heavy atom. The summed E-state index contributed by atoms with van der Waals surface area (Å²) >= 11 is 12.2. The quantitative estimate of drug-likeness (QED) is 0.863. The molecule has 0 aliphatic carbocycles. The average molecular weight is 310 g/mol. The first-order valence-corrected chi connectivity index (χ1v) is 7.24. The maximum absolute atomic E-state index is 6.21. The van der Waals surface area contributed by atoms with Crippen LogP contribution in [0.4, 0.5) is 0 Å². The van der Waals surface area contributed by atoms with E-state index in [1.807, 2.05) is 49.5 Å². The van der Waals surface area contributed by atoms with Crippen molar-refractivity contribution in [3.8, 4) is 5.75 Å². The highest BCUT2D eigenvalue weighted by molar-refractivity contribution is 6.42. The summed E-state index contributed by atoms with van der Waals surface area (Å²) in [5, 5.41) is 4.45. The minimum Gasteiger partial charge on any atom is -0.492 e. The lowest BCUT2D eigenvalue weighted by atomic mass is 10.1. The molecule has 0 bridgehead atoms. The van der Waals surface area contributed by atoms with Gasteiger partial charge in [0.25, 0.3) is 0 Å². The summed E-state index contributed by atoms with van der Waals surface area (Å²) in [5.74, 6) is 0.866. The number of ether oxygens (including phenoxy) is 1. The maximum Gasteiger partial charge on any atom is 0.119 e. The fourth-order valence-electron chi connectivity index (χ4n) is 1.93. The lowest BCUT2D eigenvalue weighted by molar-refractivity contribution is 0.270. The molecule has 4 heteroatoms. The number of rotatable bonds is 6. The lowest BCUT2D eigenvalue weighted by Gasteiger charge is -2.18. The molecular formula is C16H17Cl2NO. The van der Waals surface area contributed by atoms with Gasteiger partial charge in [0.05, 0.1) is 10.0 Å². The Morgan fingerprint density at radius 2 is 1.80 bits per heavy atom. The Labute approximate surface area is 129 Å². The standard InChI is InChI=1S/C16H17Cl2NO/c1-19-13(11-20-14-7-3-2-4-8-14)10-12-6-5-9-15(17)16(12)18/h2-9,13,19H,10-11H2,1H3. The molecule has 0 spiro atoms. The van der Waals surface area contributed by atoms with Crippen LogP contribution in [0.2, 0.25) is 10.0 Å². The summed E-state index contributed by atoms with van der Waals surface area (Å²) in [4.78, 5) is 0. The van der Waals surface area contributed by atoms with Crippen LogP contribution in [0.5, 0.6) is 5.75 Å². The summed E-state index contributed by atoms with van der Waals surface area (Å²) in [5.41, 5.74) is 1.02. The van der Waals surface area contributed by atoms with Crippen LogP contribution in [-0.2, 0) is 6.42 Å². The van der Waals surface area contributed by atoms with Crippen LogP contribution >= 0.6 is 23.2 Å². The van der Waals surface area contributed by atoms with Gasteiger partial charge in [-0.25, -0.2) is 0 Å². The Morgan fingerprint density at radius 1 is 1.05 bits per heavy atom. The van der Waals surface area contributed by atoms with Crippen LogP contribution in [0.15, 0.2) is 48.5 Å². The van der Waals surface area contributed by atoms with Crippen LogP contribution in [0.25, 0.3) is 0 Å². The smallest absolute Gasteiger partial charge is 0.119 e. The van der Waals surface area contributed by atoms with Gasteiger partial charge in [0.1, 0.15) is 12.4 Å². The van der Waals surface area contributed by atoms with Gasteiger partial charge >= 0.3 is 0 Å². The topological polar surface area (TPSA) is 21.3 Å². The highest BCUT2D eigenvalue weighted by Gasteiger charge is 2.12. The lowest BCUT2D eigenvalue weighted by Crippen LogP contribution is -2.33. The monoisotopic (exact) mass is 309 g/mol. The molecular weight excluding hydrogens is 293 g/mol. The van der Waals surface area contributed by atoms with Crippen molar-refractivity contribution in [2.24, 2.45) is 0 Å². The Kier molecular flexibility index (Phi) is 5.72. The van der Waals surface area contributed by atoms with E-state index in [9.17, 15) is 0 Å². The highest BCUT2D eigenvalue weighted by atomic mass is 35.5. The molecule has 0 saturated heterocycles. The van der Waals surface area contributed by atoms with Crippen LogP contribution in [0, 0.1) is 0 Å². The van der Waals surface area contributed by atoms with E-state index >= 15 is 0 Å². The molecule has 0 aromatic heterocycles. The minimum atomic E-state index is 0.172. The molecule has 0 fully saturated rings. The Bertz CT molecular complexity index is 545. The largest absolute Gasteiger partial charge is 0.492 e. The number of para-hydroxylation sites is 1. The molecule has 106 valence electrons. The van der Waals surface area contributed by atoms with E-state index in [1.54, 1.807) is 6.07 Å². The second-order valence-corrected chi connectivity index (χ2v) is 5.31. The number of hydrogen-bond donors (Lipinski definition) is 1. The molecule has 1 atom stereocenters. The highest BCUT2D eigenvalue weighted by Crippen LogP contribution is 2.26. The third kappa shape index (κ3) is 4.14. The van der Waals surface area contributed by atoms with Gasteiger partial charge in [-0.15, -0.1) is 0 Å². The summed E-state index contributed by atoms with van der Waals surface area (Å²) in [6, 6.07) is 15.6. The van der Waals surface area contributed by atoms with Gasteiger partial charge in [-0.05, 0) is 37.2 Å². The van der Waals surface area contributed by atoms with E-state index in [-0.39, 0.29) is 6.04 Å². The van der Waals surface area contributed by atoms with Gasteiger partial charge < -0.3 is 10.1 Å². The minimum absolute atomic E-state index is 0.172. The Hall–Kier alpha value is -1.22. The number of benzene rings is 2. The first-order valence-electron chi connectivity index (χ1n) is 6.48. The van der Waals surface area contributed by atoms with Crippen molar-refractivity contribution in [1.82, 2.24) is 5.32 Å². The molecule has 0 aliphatic rings. The first-order chi connectivity index (χ1) is 9.70. The zero-order chi connectivity index (χ0) is 14.4. The molecule has 20 heavy (non-hydrogen) atoms. The van der Waals surface area contributed by atoms with Gasteiger partial charge in [0.15, 0.2) is 0 Å². The second-order valence-electron chi connectivity index (χ2n) is 4.53. The van der Waals surface area contributed by atoms with Gasteiger partial charge in [-0.3, -0.25) is 0 Å². The predicted octanol–water partition coefficient (Wildman–Crippen LogP) is 4.20. The van der Waals surface area contributed by atoms with E-state index in [0.717, 1.165) is 17.7 Å². The fourth-order valence-corrected chi connectivity index (χ4v) is 2.33. The van der Waals surface area contributed by atoms with Crippen LogP contribution in [0.3, 0.4) is 0 Å². The number of likely N-dealkylation sites (N-methyl/N-ethyl adjacent to an activating group) is 1. The van der Waals surface area contributed by atoms with E-state index < -0.39 is 0 Å². The van der Waals surface area contributed by atoms with Crippen LogP contribution in [0.1, 0.15) is 5.56 Å². The zero-order valence-corrected chi connectivity index (χ0v) is 12.8. The van der Waals surface area contributed by atoms with Crippen LogP contribution in [-0.4, -0.2) is 19.7 Å². The molecule has 2 rings (SSSR count). The molecule has 0 saturated carbocycles. The van der Waals surface area contributed by atoms with Crippen molar-refractivity contribution in [2.75, 3.05) is 13.7 Å². The van der Waals surface area contributed by atoms with E-state index in [1.165, 1.54) is 0 Å². The molecule has 2 nitrogen and oxygen atoms in total. The molecule has 1 unspecified atom stereocenters. The Balaban J connectivity index is 1.97. The maximum atomic E-state index is 6.21. The third-order valence-electron chi connectivity index (χ3n) is 3.10. The molecule has 2 aromatic rings. The van der Waals surface area contributed by atoms with Gasteiger partial charge in [-0.2, -0.15) is 0 Å². The normalized spacial score (nSPS) is 12.2. The molecule has 0 aliphatic heterocycles. The molecule has 0 radical (unpaired) electrons. The van der Waals surface area contributed by atoms with Crippen molar-refractivity contribution in [3.63, 3.8) is 0 Å². The summed E-state index contributed by atoms with van der Waals surface area (Å²) in [7, 11) is 1.91. The first kappa shape index (κ1) is 15.2. The second kappa shape index (κ2) is 7.53. The molecule has 2 aromatic carbocycles. The SMILES string of the molecule is CNC(COc1ccccc1)Cc1cccc(Cl)c1Cl. The van der Waals surface area contributed by atoms with Crippen molar-refractivity contribution in [2.45, 2.75) is 12.5 Å². The van der Waals surface area contributed by atoms with E-state index in [0.29, 0.717) is 16.7 Å². The summed E-state index contributed by atoms with van der Waals surface area (Å²) < 4.78 is 5.76. The van der Waals surface area contributed by atoms with Crippen molar-refractivity contribution < 1.29 is 4.74 Å².